The van der Waals surface area contributed by atoms with Crippen LogP contribution in [0.25, 0.3) is 0 Å². The lowest BCUT2D eigenvalue weighted by Gasteiger charge is -2.15. The van der Waals surface area contributed by atoms with Gasteiger partial charge in [0, 0.05) is 23.6 Å². The average molecular weight is 500 g/mol. The number of amides is 1. The number of carbonyl (C=O) groups excluding carboxylic acids is 2. The number of sulfonamides is 1. The number of rotatable bonds is 9. The Morgan fingerprint density at radius 1 is 1.03 bits per heavy atom. The summed E-state index contributed by atoms with van der Waals surface area (Å²) in [6.45, 7) is 7.35. The lowest BCUT2D eigenvalue weighted by Crippen LogP contribution is -2.18. The van der Waals surface area contributed by atoms with Crippen molar-refractivity contribution in [2.24, 2.45) is 0 Å². The summed E-state index contributed by atoms with van der Waals surface area (Å²) in [6, 6.07) is 14.3. The van der Waals surface area contributed by atoms with Gasteiger partial charge in [0.2, 0.25) is 0 Å². The molecule has 0 saturated carbocycles. The Morgan fingerprint density at radius 2 is 1.74 bits per heavy atom. The van der Waals surface area contributed by atoms with Crippen LogP contribution in [0, 0.1) is 6.92 Å². The van der Waals surface area contributed by atoms with Crippen molar-refractivity contribution in [2.75, 3.05) is 23.3 Å². The number of esters is 1. The molecule has 3 rings (SSSR count). The molecule has 1 heterocycles. The molecule has 1 amide bonds. The number of carbonyl (C=O) groups is 2. The fourth-order valence-corrected chi connectivity index (χ4v) is 3.79. The molecule has 0 atom stereocenters. The summed E-state index contributed by atoms with van der Waals surface area (Å²) >= 11 is 0. The predicted molar refractivity (Wildman–Crippen MR) is 134 cm³/mol. The van der Waals surface area contributed by atoms with Gasteiger partial charge in [-0.05, 0) is 56.3 Å². The van der Waals surface area contributed by atoms with Crippen molar-refractivity contribution in [2.45, 2.75) is 32.6 Å². The molecule has 186 valence electrons. The Bertz CT molecular complexity index is 1230. The maximum Gasteiger partial charge on any atom is 0.344 e. The summed E-state index contributed by atoms with van der Waals surface area (Å²) in [5.74, 6) is -0.879. The molecule has 10 heteroatoms. The number of pyridine rings is 1. The van der Waals surface area contributed by atoms with Crippen LogP contribution >= 0.6 is 0 Å². The highest BCUT2D eigenvalue weighted by Crippen LogP contribution is 2.30. The fraction of sp³-hybridized carbons (Fsp3) is 0.240. The van der Waals surface area contributed by atoms with Crippen LogP contribution in [0.2, 0.25) is 0 Å². The second-order valence-electron chi connectivity index (χ2n) is 6.92. The quantitative estimate of drug-likeness (QED) is 0.418. The number of benzene rings is 2. The van der Waals surface area contributed by atoms with E-state index >= 15 is 0 Å². The Kier molecular flexibility index (Phi) is 10.2. The smallest absolute Gasteiger partial charge is 0.344 e. The number of aryl methyl sites for hydroxylation is 1. The highest BCUT2D eigenvalue weighted by Gasteiger charge is 2.19. The molecule has 0 aliphatic carbocycles. The van der Waals surface area contributed by atoms with E-state index in [1.807, 2.05) is 32.9 Å². The van der Waals surface area contributed by atoms with Gasteiger partial charge in [0.05, 0.1) is 12.3 Å². The molecule has 1 aromatic heterocycles. The highest BCUT2D eigenvalue weighted by atomic mass is 32.2. The maximum absolute atomic E-state index is 12.8. The third-order valence-electron chi connectivity index (χ3n) is 4.39. The van der Waals surface area contributed by atoms with Crippen LogP contribution in [0.1, 0.15) is 36.7 Å². The van der Waals surface area contributed by atoms with Gasteiger partial charge in [-0.1, -0.05) is 31.5 Å². The van der Waals surface area contributed by atoms with Crippen molar-refractivity contribution in [3.8, 4) is 5.75 Å². The topological polar surface area (TPSA) is 124 Å². The summed E-state index contributed by atoms with van der Waals surface area (Å²) < 4.78 is 38.3. The highest BCUT2D eigenvalue weighted by molar-refractivity contribution is 7.92. The number of anilines is 2. The third-order valence-corrected chi connectivity index (χ3v) is 5.74. The largest absolute Gasteiger partial charge is 0.480 e. The van der Waals surface area contributed by atoms with Crippen molar-refractivity contribution < 1.29 is 27.5 Å². The van der Waals surface area contributed by atoms with Crippen LogP contribution in [0.4, 0.5) is 11.4 Å². The first-order chi connectivity index (χ1) is 16.8. The van der Waals surface area contributed by atoms with E-state index in [-0.39, 0.29) is 28.8 Å². The van der Waals surface area contributed by atoms with Crippen LogP contribution in [0.3, 0.4) is 0 Å². The molecule has 9 nitrogen and oxygen atoms in total. The van der Waals surface area contributed by atoms with Crippen LogP contribution in [0.15, 0.2) is 71.9 Å². The zero-order valence-corrected chi connectivity index (χ0v) is 20.9. The van der Waals surface area contributed by atoms with Crippen molar-refractivity contribution in [3.63, 3.8) is 0 Å². The van der Waals surface area contributed by atoms with Crippen LogP contribution in [0.5, 0.6) is 5.75 Å². The van der Waals surface area contributed by atoms with E-state index in [1.165, 1.54) is 42.7 Å². The molecule has 0 fully saturated rings. The summed E-state index contributed by atoms with van der Waals surface area (Å²) in [5, 5.41) is 2.72. The van der Waals surface area contributed by atoms with Gasteiger partial charge < -0.3 is 14.8 Å². The zero-order valence-electron chi connectivity index (χ0n) is 20.1. The van der Waals surface area contributed by atoms with Gasteiger partial charge in [-0.2, -0.15) is 0 Å². The summed E-state index contributed by atoms with van der Waals surface area (Å²) in [5.41, 5.74) is 1.82. The van der Waals surface area contributed by atoms with E-state index in [1.54, 1.807) is 19.1 Å². The summed E-state index contributed by atoms with van der Waals surface area (Å²) in [6.07, 6.45) is 2.65. The molecular weight excluding hydrogens is 470 g/mol. The molecule has 0 spiro atoms. The second-order valence-corrected chi connectivity index (χ2v) is 8.60. The second kappa shape index (κ2) is 13.1. The SMILES string of the molecule is CC.CCOC(=O)COc1ccc(NC(=O)c2ccc(C)cc2)cc1NS(=O)(=O)c1cccnc1. The molecular formula is C25H29N3O6S. The van der Waals surface area contributed by atoms with Gasteiger partial charge >= 0.3 is 5.97 Å². The standard InChI is InChI=1S/C23H23N3O6S.C2H6/c1-3-31-22(27)15-32-21-11-10-18(25-23(28)17-8-6-16(2)7-9-17)13-20(21)26-33(29,30)19-5-4-12-24-14-19;1-2/h4-14,26H,3,15H2,1-2H3,(H,25,28);1-2H3. The third kappa shape index (κ3) is 8.11. The normalized spacial score (nSPS) is 10.4. The molecule has 35 heavy (non-hydrogen) atoms. The van der Waals surface area contributed by atoms with Crippen LogP contribution in [-0.4, -0.2) is 38.5 Å². The van der Waals surface area contributed by atoms with Crippen molar-refractivity contribution >= 4 is 33.3 Å². The van der Waals surface area contributed by atoms with Crippen LogP contribution < -0.4 is 14.8 Å². The number of aromatic nitrogens is 1. The monoisotopic (exact) mass is 499 g/mol. The molecule has 0 unspecified atom stereocenters. The fourth-order valence-electron chi connectivity index (χ4n) is 2.77. The van der Waals surface area contributed by atoms with E-state index in [4.69, 9.17) is 9.47 Å². The minimum Gasteiger partial charge on any atom is -0.480 e. The molecule has 0 aliphatic rings. The van der Waals surface area contributed by atoms with E-state index in [9.17, 15) is 18.0 Å². The molecule has 0 saturated heterocycles. The molecule has 0 bridgehead atoms. The van der Waals surface area contributed by atoms with E-state index in [2.05, 4.69) is 15.0 Å². The molecule has 0 aliphatic heterocycles. The van der Waals surface area contributed by atoms with Gasteiger partial charge in [0.25, 0.3) is 15.9 Å². The summed E-state index contributed by atoms with van der Waals surface area (Å²) in [7, 11) is -4.01. The van der Waals surface area contributed by atoms with E-state index in [0.29, 0.717) is 11.3 Å². The van der Waals surface area contributed by atoms with Crippen molar-refractivity contribution in [3.05, 3.63) is 78.1 Å². The zero-order chi connectivity index (χ0) is 25.8. The molecule has 0 radical (unpaired) electrons. The van der Waals surface area contributed by atoms with Gasteiger partial charge in [0.1, 0.15) is 10.6 Å². The lowest BCUT2D eigenvalue weighted by molar-refractivity contribution is -0.145. The van der Waals surface area contributed by atoms with E-state index in [0.717, 1.165) is 5.56 Å². The van der Waals surface area contributed by atoms with Crippen molar-refractivity contribution in [1.29, 1.82) is 0 Å². The number of hydrogen-bond donors (Lipinski definition) is 2. The van der Waals surface area contributed by atoms with Gasteiger partial charge in [0.15, 0.2) is 6.61 Å². The summed E-state index contributed by atoms with van der Waals surface area (Å²) in [4.78, 5) is 28.0. The minimum atomic E-state index is -4.01. The van der Waals surface area contributed by atoms with Gasteiger partial charge in [-0.25, -0.2) is 13.2 Å². The Labute approximate surface area is 205 Å². The van der Waals surface area contributed by atoms with Crippen molar-refractivity contribution in [1.82, 2.24) is 4.98 Å². The Hall–Kier alpha value is -3.92. The lowest BCUT2D eigenvalue weighted by atomic mass is 10.1. The molecule has 3 aromatic rings. The Balaban J connectivity index is 0.00000210. The first-order valence-corrected chi connectivity index (χ1v) is 12.5. The number of hydrogen-bond acceptors (Lipinski definition) is 7. The van der Waals surface area contributed by atoms with Gasteiger partial charge in [-0.15, -0.1) is 0 Å². The van der Waals surface area contributed by atoms with E-state index < -0.39 is 22.6 Å². The number of ether oxygens (including phenoxy) is 2. The maximum atomic E-state index is 12.8. The Morgan fingerprint density at radius 3 is 2.37 bits per heavy atom. The first-order valence-electron chi connectivity index (χ1n) is 11.0. The first kappa shape index (κ1) is 27.3. The minimum absolute atomic E-state index is 0.0323. The average Bonchev–Trinajstić information content (AvgIpc) is 2.86. The predicted octanol–water partition coefficient (Wildman–Crippen LogP) is 4.41. The van der Waals surface area contributed by atoms with Crippen LogP contribution in [-0.2, 0) is 19.6 Å². The molecule has 2 aromatic carbocycles. The number of nitrogens with one attached hydrogen (secondary N) is 2. The van der Waals surface area contributed by atoms with Gasteiger partial charge in [-0.3, -0.25) is 14.5 Å². The number of nitrogens with zero attached hydrogens (tertiary/aromatic N) is 1. The molecule has 2 N–H and O–H groups in total.